The molecule has 15 nitrogen and oxygen atoms in total. The maximum absolute atomic E-state index is 15.6. The van der Waals surface area contributed by atoms with E-state index < -0.39 is 62.0 Å². The van der Waals surface area contributed by atoms with Gasteiger partial charge in [-0.2, -0.15) is 4.39 Å². The van der Waals surface area contributed by atoms with Gasteiger partial charge in [-0.3, -0.25) is 15.3 Å². The first-order chi connectivity index (χ1) is 22.3. The van der Waals surface area contributed by atoms with Crippen molar-refractivity contribution < 1.29 is 41.3 Å². The summed E-state index contributed by atoms with van der Waals surface area (Å²) in [7, 11) is -2.77. The molecule has 1 atom stereocenters. The van der Waals surface area contributed by atoms with Crippen molar-refractivity contribution in [3.05, 3.63) is 77.1 Å². The number of aromatic nitrogens is 3. The lowest BCUT2D eigenvalue weighted by molar-refractivity contribution is 0.0526. The molecular weight excluding hydrogens is 642 g/mol. The molecule has 1 aliphatic rings. The Morgan fingerprint density at radius 2 is 1.89 bits per heavy atom. The lowest BCUT2D eigenvalue weighted by Gasteiger charge is -2.22. The lowest BCUT2D eigenvalue weighted by Crippen LogP contribution is -2.20. The predicted octanol–water partition coefficient (Wildman–Crippen LogP) is 3.33. The Kier molecular flexibility index (Phi) is 8.98. The average Bonchev–Trinajstić information content (AvgIpc) is 3.46. The molecule has 0 amide bonds. The van der Waals surface area contributed by atoms with Crippen molar-refractivity contribution >= 4 is 33.7 Å². The van der Waals surface area contributed by atoms with Crippen LogP contribution in [-0.2, 0) is 14.6 Å². The third-order valence-electron chi connectivity index (χ3n) is 6.72. The number of nitrogens with one attached hydrogen (secondary N) is 1. The van der Waals surface area contributed by atoms with Gasteiger partial charge in [0.2, 0.25) is 21.4 Å². The van der Waals surface area contributed by atoms with E-state index >= 15 is 4.39 Å². The second-order valence-corrected chi connectivity index (χ2v) is 11.7. The van der Waals surface area contributed by atoms with Crippen molar-refractivity contribution in [2.75, 3.05) is 25.9 Å². The van der Waals surface area contributed by atoms with Crippen LogP contribution in [0.4, 0.5) is 14.6 Å². The first-order valence-electron chi connectivity index (χ1n) is 13.6. The quantitative estimate of drug-likeness (QED) is 0.0823. The molecule has 6 N–H and O–H groups in total. The molecule has 0 radical (unpaired) electrons. The molecule has 0 saturated carbocycles. The summed E-state index contributed by atoms with van der Waals surface area (Å²) in [6, 6.07) is 7.12. The summed E-state index contributed by atoms with van der Waals surface area (Å²) in [5.74, 6) is -6.89. The summed E-state index contributed by atoms with van der Waals surface area (Å²) in [6.07, 6.45) is 2.30. The van der Waals surface area contributed by atoms with Gasteiger partial charge in [-0.15, -0.1) is 0 Å². The monoisotopic (exact) mass is 668 g/mol. The van der Waals surface area contributed by atoms with Crippen LogP contribution in [0, 0.1) is 17.0 Å². The number of carbonyl (C=O) groups excluding carboxylic acids is 1. The number of halogens is 2. The Balaban J connectivity index is 1.54. The molecule has 0 saturated heterocycles. The second kappa shape index (κ2) is 12.9. The molecule has 0 fully saturated rings. The molecule has 4 aromatic rings. The predicted molar refractivity (Wildman–Crippen MR) is 162 cm³/mol. The van der Waals surface area contributed by atoms with Crippen LogP contribution in [0.25, 0.3) is 0 Å². The molecule has 244 valence electrons. The van der Waals surface area contributed by atoms with Crippen LogP contribution < -0.4 is 20.9 Å². The number of phenolic OH excluding ortho intramolecular Hbond substituents is 1. The summed E-state index contributed by atoms with van der Waals surface area (Å²) in [5, 5.41) is 17.0. The molecular formula is C29H26F2N8O7S. The van der Waals surface area contributed by atoms with E-state index in [2.05, 4.69) is 19.9 Å². The number of ether oxygens (including phenoxy) is 3. The number of rotatable bonds is 10. The smallest absolute Gasteiger partial charge is 0.343 e. The van der Waals surface area contributed by atoms with E-state index in [4.69, 9.17) is 31.1 Å². The van der Waals surface area contributed by atoms with Gasteiger partial charge in [-0.1, -0.05) is 0 Å². The van der Waals surface area contributed by atoms with E-state index in [0.29, 0.717) is 12.7 Å². The van der Waals surface area contributed by atoms with Gasteiger partial charge in [0.05, 0.1) is 17.7 Å². The summed E-state index contributed by atoms with van der Waals surface area (Å²) in [4.78, 5) is 29.0. The van der Waals surface area contributed by atoms with Crippen molar-refractivity contribution in [1.82, 2.24) is 19.9 Å². The van der Waals surface area contributed by atoms with Gasteiger partial charge < -0.3 is 30.8 Å². The van der Waals surface area contributed by atoms with Crippen LogP contribution in [0.3, 0.4) is 0 Å². The molecule has 3 heterocycles. The molecule has 0 bridgehead atoms. The molecule has 5 rings (SSSR count). The number of carbonyl (C=O) groups is 1. The zero-order valence-electron chi connectivity index (χ0n) is 24.6. The molecule has 1 aliphatic heterocycles. The highest BCUT2D eigenvalue weighted by molar-refractivity contribution is 7.91. The number of amidine groups is 1. The minimum atomic E-state index is -4.45. The van der Waals surface area contributed by atoms with Crippen LogP contribution in [0.5, 0.6) is 28.9 Å². The van der Waals surface area contributed by atoms with Crippen molar-refractivity contribution in [3.63, 3.8) is 0 Å². The first-order valence-corrected chi connectivity index (χ1v) is 15.1. The average molecular weight is 669 g/mol. The number of hydrogen-bond donors (Lipinski definition) is 4. The van der Waals surface area contributed by atoms with Crippen molar-refractivity contribution in [2.45, 2.75) is 23.1 Å². The number of esters is 1. The summed E-state index contributed by atoms with van der Waals surface area (Å²) >= 11 is 0. The number of phenols is 1. The Labute approximate surface area is 265 Å². The highest BCUT2D eigenvalue weighted by atomic mass is 32.2. The molecule has 0 aliphatic carbocycles. The number of anilines is 1. The molecule has 2 aromatic heterocycles. The third-order valence-corrected chi connectivity index (χ3v) is 8.28. The highest BCUT2D eigenvalue weighted by Crippen LogP contribution is 2.40. The number of sulfone groups is 1. The van der Waals surface area contributed by atoms with E-state index in [1.165, 1.54) is 24.3 Å². The van der Waals surface area contributed by atoms with Crippen LogP contribution in [0.15, 0.2) is 63.8 Å². The number of pyridine rings is 1. The Morgan fingerprint density at radius 3 is 2.55 bits per heavy atom. The van der Waals surface area contributed by atoms with Crippen molar-refractivity contribution in [1.29, 1.82) is 5.41 Å². The van der Waals surface area contributed by atoms with Gasteiger partial charge in [0.15, 0.2) is 17.3 Å². The van der Waals surface area contributed by atoms with Crippen molar-refractivity contribution in [2.24, 2.45) is 10.7 Å². The fourth-order valence-corrected chi connectivity index (χ4v) is 5.50. The van der Waals surface area contributed by atoms with Crippen molar-refractivity contribution in [3.8, 4) is 28.9 Å². The molecule has 47 heavy (non-hydrogen) atoms. The summed E-state index contributed by atoms with van der Waals surface area (Å²) in [6.45, 7) is 2.00. The summed E-state index contributed by atoms with van der Waals surface area (Å²) in [5.41, 5.74) is 11.3. The minimum absolute atomic E-state index is 0.0494. The second-order valence-electron chi connectivity index (χ2n) is 9.87. The Morgan fingerprint density at radius 1 is 1.13 bits per heavy atom. The van der Waals surface area contributed by atoms with Gasteiger partial charge >= 0.3 is 5.97 Å². The highest BCUT2D eigenvalue weighted by Gasteiger charge is 2.30. The van der Waals surface area contributed by atoms with E-state index in [-0.39, 0.29) is 45.5 Å². The molecule has 0 spiro atoms. The lowest BCUT2D eigenvalue weighted by atomic mass is 10.1. The Bertz CT molecular complexity index is 2050. The maximum Gasteiger partial charge on any atom is 0.343 e. The van der Waals surface area contributed by atoms with Gasteiger partial charge in [0.1, 0.15) is 29.1 Å². The number of nitrogens with zero attached hydrogens (tertiary/aromatic N) is 5. The van der Waals surface area contributed by atoms with Crippen LogP contribution in [0.1, 0.15) is 34.6 Å². The topological polar surface area (TPSA) is 229 Å². The SMILES string of the molecule is CCOC(=O)c1cnc(S(=O)(=O)c2ccc(Oc3c(F)cnc(Oc4cc(C(=N)N)ccc4O)c3F)c(C3N=CCN3C)c2)nc1N. The molecule has 18 heteroatoms. The van der Waals surface area contributed by atoms with E-state index in [1.807, 2.05) is 0 Å². The Hall–Kier alpha value is -5.75. The minimum Gasteiger partial charge on any atom is -0.504 e. The normalized spacial score (nSPS) is 14.6. The summed E-state index contributed by atoms with van der Waals surface area (Å²) < 4.78 is 73.7. The van der Waals surface area contributed by atoms with Crippen LogP contribution in [-0.4, -0.2) is 71.6 Å². The maximum atomic E-state index is 15.6. The van der Waals surface area contributed by atoms with Gasteiger partial charge in [-0.25, -0.2) is 32.6 Å². The van der Waals surface area contributed by atoms with Crippen LogP contribution >= 0.6 is 0 Å². The van der Waals surface area contributed by atoms with Gasteiger partial charge in [0, 0.05) is 30.1 Å². The van der Waals surface area contributed by atoms with Gasteiger partial charge in [0.25, 0.3) is 11.0 Å². The first kappa shape index (κ1) is 32.6. The zero-order chi connectivity index (χ0) is 34.0. The largest absolute Gasteiger partial charge is 0.504 e. The van der Waals surface area contributed by atoms with Crippen LogP contribution in [0.2, 0.25) is 0 Å². The number of benzene rings is 2. The number of hydrogen-bond acceptors (Lipinski definition) is 14. The van der Waals surface area contributed by atoms with E-state index in [9.17, 15) is 22.7 Å². The zero-order valence-corrected chi connectivity index (χ0v) is 25.5. The number of nitrogen functional groups attached to an aromatic ring is 2. The number of nitrogens with two attached hydrogens (primary N) is 2. The standard InChI is InChI=1S/C29H26F2N8O7S/c1-3-44-28(41)17-12-37-29(38-25(17)34)47(42,43)15-5-7-20(16(11-15)26-35-8-9-39(26)2)45-23-18(30)13-36-27(22(23)31)46-21-10-14(24(32)33)4-6-19(21)40/h4-8,10-13,26,40H,3,9H2,1-2H3,(H3,32,33)(H2,34,37,38). The van der Waals surface area contributed by atoms with E-state index in [1.54, 1.807) is 25.1 Å². The number of aliphatic imine (C=N–C) groups is 1. The molecule has 2 aromatic carbocycles. The third kappa shape index (κ3) is 6.49. The molecule has 1 unspecified atom stereocenters. The fraction of sp³-hybridized carbons (Fsp3) is 0.172. The van der Waals surface area contributed by atoms with Gasteiger partial charge in [-0.05, 0) is 50.4 Å². The number of aromatic hydroxyl groups is 1. The van der Waals surface area contributed by atoms with E-state index in [0.717, 1.165) is 18.3 Å². The fourth-order valence-electron chi connectivity index (χ4n) is 4.35.